The van der Waals surface area contributed by atoms with Gasteiger partial charge in [0.1, 0.15) is 0 Å². The van der Waals surface area contributed by atoms with Crippen LogP contribution in [0.4, 0.5) is 0 Å². The first-order valence-electron chi connectivity index (χ1n) is 12.3. The molecule has 0 aliphatic carbocycles. The van der Waals surface area contributed by atoms with Crippen LogP contribution in [0.1, 0.15) is 21.6 Å². The highest BCUT2D eigenvalue weighted by Gasteiger charge is 2.27. The summed E-state index contributed by atoms with van der Waals surface area (Å²) in [5.41, 5.74) is 2.75. The van der Waals surface area contributed by atoms with Gasteiger partial charge in [-0.15, -0.1) is 11.3 Å². The predicted molar refractivity (Wildman–Crippen MR) is 150 cm³/mol. The Balaban J connectivity index is 1.80. The van der Waals surface area contributed by atoms with Crippen molar-refractivity contribution in [1.82, 2.24) is 9.21 Å². The summed E-state index contributed by atoms with van der Waals surface area (Å²) in [6.45, 7) is 2.87. The maximum absolute atomic E-state index is 13.6. The Morgan fingerprint density at radius 2 is 1.66 bits per heavy atom. The molecule has 1 amide bonds. The molecule has 2 aromatic carbocycles. The number of hydrogen-bond donors (Lipinski definition) is 0. The molecule has 3 aromatic rings. The normalized spacial score (nSPS) is 11.5. The Labute approximate surface area is 229 Å². The van der Waals surface area contributed by atoms with E-state index >= 15 is 0 Å². The maximum atomic E-state index is 13.6. The minimum Gasteiger partial charge on any atom is -0.493 e. The molecule has 0 fully saturated rings. The molecule has 0 aliphatic rings. The highest BCUT2D eigenvalue weighted by Crippen LogP contribution is 2.28. The lowest BCUT2D eigenvalue weighted by molar-refractivity contribution is -0.132. The van der Waals surface area contributed by atoms with Gasteiger partial charge in [-0.25, -0.2) is 8.42 Å². The Kier molecular flexibility index (Phi) is 11.1. The molecular weight excluding hydrogens is 524 g/mol. The summed E-state index contributed by atoms with van der Waals surface area (Å²) in [5.74, 6) is 0.817. The van der Waals surface area contributed by atoms with Gasteiger partial charge in [0.2, 0.25) is 15.9 Å². The van der Waals surface area contributed by atoms with Crippen LogP contribution in [0.2, 0.25) is 0 Å². The zero-order chi connectivity index (χ0) is 27.5. The van der Waals surface area contributed by atoms with E-state index in [-0.39, 0.29) is 31.4 Å². The van der Waals surface area contributed by atoms with E-state index in [9.17, 15) is 13.2 Å². The third-order valence-electron chi connectivity index (χ3n) is 6.22. The zero-order valence-electron chi connectivity index (χ0n) is 22.4. The number of ether oxygens (including phenoxy) is 3. The van der Waals surface area contributed by atoms with Gasteiger partial charge in [0.05, 0.1) is 39.7 Å². The van der Waals surface area contributed by atoms with Crippen molar-refractivity contribution in [2.75, 3.05) is 47.6 Å². The average molecular weight is 561 g/mol. The molecule has 3 rings (SSSR count). The van der Waals surface area contributed by atoms with E-state index in [1.54, 1.807) is 54.7 Å². The molecule has 38 heavy (non-hydrogen) atoms. The first-order chi connectivity index (χ1) is 18.3. The fourth-order valence-electron chi connectivity index (χ4n) is 3.97. The summed E-state index contributed by atoms with van der Waals surface area (Å²) in [7, 11) is 0.931. The summed E-state index contributed by atoms with van der Waals surface area (Å²) in [5, 5.41) is 2.00. The summed E-state index contributed by atoms with van der Waals surface area (Å²) in [6, 6.07) is 16.7. The van der Waals surface area contributed by atoms with Crippen molar-refractivity contribution >= 4 is 27.3 Å². The van der Waals surface area contributed by atoms with Crippen molar-refractivity contribution in [3.05, 3.63) is 81.5 Å². The smallest absolute Gasteiger partial charge is 0.238 e. The molecule has 0 saturated carbocycles. The molecule has 0 radical (unpaired) electrons. The minimum absolute atomic E-state index is 0.0962. The number of nitrogens with zero attached hydrogens (tertiary/aromatic N) is 2. The van der Waals surface area contributed by atoms with Crippen LogP contribution in [0.25, 0.3) is 0 Å². The van der Waals surface area contributed by atoms with E-state index in [1.165, 1.54) is 11.4 Å². The molecule has 1 heterocycles. The first-order valence-corrected chi connectivity index (χ1v) is 14.8. The third-order valence-corrected chi connectivity index (χ3v) is 9.02. The van der Waals surface area contributed by atoms with Crippen molar-refractivity contribution in [2.45, 2.75) is 25.6 Å². The Morgan fingerprint density at radius 3 is 2.29 bits per heavy atom. The second-order valence-corrected chi connectivity index (χ2v) is 11.8. The van der Waals surface area contributed by atoms with Crippen LogP contribution in [0.15, 0.2) is 60.0 Å². The predicted octanol–water partition coefficient (Wildman–Crippen LogP) is 4.12. The SMILES string of the molecule is COCCN(CC(=O)N(CCc1ccc(OC)c(OC)c1)Cc1sccc1C)S(=O)(=O)Cc1ccccc1. The van der Waals surface area contributed by atoms with Crippen LogP contribution in [0.5, 0.6) is 11.5 Å². The highest BCUT2D eigenvalue weighted by atomic mass is 32.2. The molecule has 0 saturated heterocycles. The number of carbonyl (C=O) groups excluding carboxylic acids is 1. The number of carbonyl (C=O) groups is 1. The number of rotatable bonds is 15. The number of methoxy groups -OCH3 is 3. The summed E-state index contributed by atoms with van der Waals surface area (Å²) >= 11 is 1.59. The van der Waals surface area contributed by atoms with E-state index in [1.807, 2.05) is 42.6 Å². The molecule has 206 valence electrons. The second-order valence-electron chi connectivity index (χ2n) is 8.85. The molecule has 0 bridgehead atoms. The van der Waals surface area contributed by atoms with Gasteiger partial charge in [-0.05, 0) is 53.6 Å². The van der Waals surface area contributed by atoms with Crippen LogP contribution in [0, 0.1) is 6.92 Å². The number of thiophene rings is 1. The van der Waals surface area contributed by atoms with Crippen LogP contribution in [-0.2, 0) is 38.3 Å². The molecule has 10 heteroatoms. The van der Waals surface area contributed by atoms with Gasteiger partial charge in [0, 0.05) is 25.1 Å². The van der Waals surface area contributed by atoms with Gasteiger partial charge in [0.15, 0.2) is 11.5 Å². The van der Waals surface area contributed by atoms with Crippen molar-refractivity contribution in [1.29, 1.82) is 0 Å². The van der Waals surface area contributed by atoms with Gasteiger partial charge in [-0.1, -0.05) is 36.4 Å². The molecule has 0 atom stereocenters. The van der Waals surface area contributed by atoms with Gasteiger partial charge in [-0.3, -0.25) is 4.79 Å². The minimum atomic E-state index is -3.75. The van der Waals surface area contributed by atoms with Crippen LogP contribution in [-0.4, -0.2) is 71.1 Å². The summed E-state index contributed by atoms with van der Waals surface area (Å²) < 4.78 is 43.8. The van der Waals surface area contributed by atoms with E-state index in [0.717, 1.165) is 16.0 Å². The molecule has 1 aromatic heterocycles. The number of amides is 1. The van der Waals surface area contributed by atoms with E-state index < -0.39 is 10.0 Å². The van der Waals surface area contributed by atoms with E-state index in [4.69, 9.17) is 14.2 Å². The first kappa shape index (κ1) is 29.6. The van der Waals surface area contributed by atoms with Crippen LogP contribution >= 0.6 is 11.3 Å². The zero-order valence-corrected chi connectivity index (χ0v) is 24.0. The average Bonchev–Trinajstić information content (AvgIpc) is 3.32. The van der Waals surface area contributed by atoms with Crippen LogP contribution < -0.4 is 9.47 Å². The summed E-state index contributed by atoms with van der Waals surface area (Å²) in [4.78, 5) is 16.4. The van der Waals surface area contributed by atoms with Gasteiger partial charge < -0.3 is 19.1 Å². The standard InChI is InChI=1S/C28H36N2O6S2/c1-22-13-17-37-27(22)19-29(14-12-23-10-11-25(35-3)26(18-23)36-4)28(31)20-30(15-16-34-2)38(32,33)21-24-8-6-5-7-9-24/h5-11,13,17-18H,12,14-16,19-21H2,1-4H3. The lowest BCUT2D eigenvalue weighted by Gasteiger charge is -2.27. The molecule has 0 N–H and O–H groups in total. The van der Waals surface area contributed by atoms with E-state index in [0.29, 0.717) is 36.6 Å². The Hall–Kier alpha value is -2.92. The molecule has 0 aliphatic heterocycles. The van der Waals surface area contributed by atoms with Gasteiger partial charge >= 0.3 is 0 Å². The number of benzene rings is 2. The van der Waals surface area contributed by atoms with Gasteiger partial charge in [-0.2, -0.15) is 4.31 Å². The third kappa shape index (κ3) is 8.29. The van der Waals surface area contributed by atoms with E-state index in [2.05, 4.69) is 0 Å². The summed E-state index contributed by atoms with van der Waals surface area (Å²) in [6.07, 6.45) is 0.575. The topological polar surface area (TPSA) is 85.4 Å². The quantitative estimate of drug-likeness (QED) is 0.278. The number of hydrogen-bond acceptors (Lipinski definition) is 7. The Bertz CT molecular complexity index is 1280. The molecule has 0 spiro atoms. The van der Waals surface area contributed by atoms with Gasteiger partial charge in [0.25, 0.3) is 0 Å². The fraction of sp³-hybridized carbons (Fsp3) is 0.393. The largest absolute Gasteiger partial charge is 0.493 e. The molecule has 0 unspecified atom stereocenters. The molecule has 8 nitrogen and oxygen atoms in total. The van der Waals surface area contributed by atoms with Crippen molar-refractivity contribution in [3.8, 4) is 11.5 Å². The van der Waals surface area contributed by atoms with Crippen LogP contribution in [0.3, 0.4) is 0 Å². The van der Waals surface area contributed by atoms with Crippen molar-refractivity contribution < 1.29 is 27.4 Å². The highest BCUT2D eigenvalue weighted by molar-refractivity contribution is 7.88. The number of aryl methyl sites for hydroxylation is 1. The lowest BCUT2D eigenvalue weighted by Crippen LogP contribution is -2.44. The van der Waals surface area contributed by atoms with Crippen molar-refractivity contribution in [2.24, 2.45) is 0 Å². The maximum Gasteiger partial charge on any atom is 0.238 e. The lowest BCUT2D eigenvalue weighted by atomic mass is 10.1. The Morgan fingerprint density at radius 1 is 0.921 bits per heavy atom. The number of sulfonamides is 1. The van der Waals surface area contributed by atoms with Crippen molar-refractivity contribution in [3.63, 3.8) is 0 Å². The second kappa shape index (κ2) is 14.3. The fourth-order valence-corrected chi connectivity index (χ4v) is 6.34. The monoisotopic (exact) mass is 560 g/mol. The molecular formula is C28H36N2O6S2.